The van der Waals surface area contributed by atoms with Crippen LogP contribution in [-0.2, 0) is 11.3 Å². The largest absolute Gasteiger partial charge is 0.381 e. The first-order valence-corrected chi connectivity index (χ1v) is 8.14. The van der Waals surface area contributed by atoms with E-state index in [1.54, 1.807) is 0 Å². The van der Waals surface area contributed by atoms with Crippen molar-refractivity contribution < 1.29 is 9.53 Å². The van der Waals surface area contributed by atoms with E-state index in [0.717, 1.165) is 43.7 Å². The molecule has 0 aliphatic heterocycles. The van der Waals surface area contributed by atoms with E-state index in [4.69, 9.17) is 4.74 Å². The second-order valence-electron chi connectivity index (χ2n) is 6.61. The topological polar surface area (TPSA) is 41.6 Å². The number of hydrogen-bond acceptors (Lipinski definition) is 3. The quantitative estimate of drug-likeness (QED) is 0.803. The highest BCUT2D eigenvalue weighted by Gasteiger charge is 2.37. The van der Waals surface area contributed by atoms with Crippen LogP contribution in [0.4, 0.5) is 0 Å². The van der Waals surface area contributed by atoms with Crippen molar-refractivity contribution in [3.05, 3.63) is 35.4 Å². The smallest absolute Gasteiger partial charge is 0.251 e. The molecule has 2 rings (SSSR count). The number of carbonyl (C=O) groups is 1. The van der Waals surface area contributed by atoms with Crippen LogP contribution in [0.1, 0.15) is 42.1 Å². The van der Waals surface area contributed by atoms with Gasteiger partial charge < -0.3 is 15.0 Å². The Hall–Kier alpha value is -1.39. The van der Waals surface area contributed by atoms with Crippen LogP contribution < -0.4 is 5.32 Å². The van der Waals surface area contributed by atoms with Gasteiger partial charge in [-0.25, -0.2) is 0 Å². The predicted octanol–water partition coefficient (Wildman–Crippen LogP) is 2.68. The lowest BCUT2D eigenvalue weighted by molar-refractivity contribution is -0.000183. The Morgan fingerprint density at radius 1 is 1.36 bits per heavy atom. The van der Waals surface area contributed by atoms with E-state index in [-0.39, 0.29) is 11.3 Å². The molecule has 0 unspecified atom stereocenters. The minimum atomic E-state index is 0.0170. The van der Waals surface area contributed by atoms with Crippen molar-refractivity contribution in [1.29, 1.82) is 0 Å². The van der Waals surface area contributed by atoms with Crippen LogP contribution in [0.15, 0.2) is 24.3 Å². The summed E-state index contributed by atoms with van der Waals surface area (Å²) < 4.78 is 5.58. The maximum absolute atomic E-state index is 12.4. The number of nitrogens with one attached hydrogen (secondary N) is 1. The van der Waals surface area contributed by atoms with Gasteiger partial charge >= 0.3 is 0 Å². The van der Waals surface area contributed by atoms with Gasteiger partial charge in [-0.15, -0.1) is 0 Å². The van der Waals surface area contributed by atoms with Crippen molar-refractivity contribution in [3.8, 4) is 0 Å². The summed E-state index contributed by atoms with van der Waals surface area (Å²) in [6.07, 6.45) is 3.53. The molecule has 4 nitrogen and oxygen atoms in total. The van der Waals surface area contributed by atoms with E-state index in [1.807, 2.05) is 39.2 Å². The Bertz CT molecular complexity index is 496. The summed E-state index contributed by atoms with van der Waals surface area (Å²) in [5, 5.41) is 3.10. The molecule has 0 bridgehead atoms. The third-order valence-electron chi connectivity index (χ3n) is 4.34. The van der Waals surface area contributed by atoms with Gasteiger partial charge in [0.25, 0.3) is 5.91 Å². The van der Waals surface area contributed by atoms with Crippen molar-refractivity contribution in [2.75, 3.05) is 33.9 Å². The second kappa shape index (κ2) is 7.75. The van der Waals surface area contributed by atoms with E-state index >= 15 is 0 Å². The van der Waals surface area contributed by atoms with Gasteiger partial charge in [-0.2, -0.15) is 0 Å². The molecule has 0 heterocycles. The third-order valence-corrected chi connectivity index (χ3v) is 4.34. The number of nitrogens with zero attached hydrogens (tertiary/aromatic N) is 1. The molecule has 4 heteroatoms. The fourth-order valence-corrected chi connectivity index (χ4v) is 2.91. The summed E-state index contributed by atoms with van der Waals surface area (Å²) in [4.78, 5) is 14.5. The average molecular weight is 304 g/mol. The van der Waals surface area contributed by atoms with Crippen LogP contribution in [0.3, 0.4) is 0 Å². The first-order valence-electron chi connectivity index (χ1n) is 8.14. The molecule has 1 fully saturated rings. The first-order chi connectivity index (χ1) is 10.5. The molecule has 0 aromatic heterocycles. The molecular formula is C18H28N2O2. The first kappa shape index (κ1) is 17.0. The monoisotopic (exact) mass is 304 g/mol. The minimum absolute atomic E-state index is 0.0170. The van der Waals surface area contributed by atoms with E-state index in [9.17, 15) is 4.79 Å². The third kappa shape index (κ3) is 4.55. The maximum atomic E-state index is 12.4. The van der Waals surface area contributed by atoms with Gasteiger partial charge in [-0.1, -0.05) is 18.6 Å². The van der Waals surface area contributed by atoms with E-state index < -0.39 is 0 Å². The Morgan fingerprint density at radius 2 is 2.14 bits per heavy atom. The molecule has 1 saturated carbocycles. The Balaban J connectivity index is 1.91. The predicted molar refractivity (Wildman–Crippen MR) is 88.9 cm³/mol. The fourth-order valence-electron chi connectivity index (χ4n) is 2.91. The summed E-state index contributed by atoms with van der Waals surface area (Å²) >= 11 is 0. The van der Waals surface area contributed by atoms with Crippen LogP contribution in [-0.4, -0.2) is 44.7 Å². The van der Waals surface area contributed by atoms with Crippen molar-refractivity contribution in [2.45, 2.75) is 32.7 Å². The van der Waals surface area contributed by atoms with Crippen LogP contribution >= 0.6 is 0 Å². The van der Waals surface area contributed by atoms with Gasteiger partial charge in [0.15, 0.2) is 0 Å². The Kier molecular flexibility index (Phi) is 5.98. The molecule has 0 radical (unpaired) electrons. The highest BCUT2D eigenvalue weighted by molar-refractivity contribution is 5.94. The number of benzene rings is 1. The Morgan fingerprint density at radius 3 is 2.73 bits per heavy atom. The van der Waals surface area contributed by atoms with Crippen LogP contribution in [0.25, 0.3) is 0 Å². The number of rotatable bonds is 8. The molecule has 1 aromatic carbocycles. The molecule has 1 aromatic rings. The highest BCUT2D eigenvalue weighted by atomic mass is 16.5. The molecule has 1 aliphatic carbocycles. The number of hydrogen-bond donors (Lipinski definition) is 1. The van der Waals surface area contributed by atoms with Crippen molar-refractivity contribution in [3.63, 3.8) is 0 Å². The van der Waals surface area contributed by atoms with Crippen molar-refractivity contribution >= 4 is 5.91 Å². The molecule has 1 aliphatic rings. The van der Waals surface area contributed by atoms with Crippen molar-refractivity contribution in [2.24, 2.45) is 5.41 Å². The molecule has 0 saturated heterocycles. The van der Waals surface area contributed by atoms with E-state index in [2.05, 4.69) is 16.3 Å². The molecule has 0 atom stereocenters. The van der Waals surface area contributed by atoms with Crippen molar-refractivity contribution in [1.82, 2.24) is 10.2 Å². The normalized spacial score (nSPS) is 16.4. The van der Waals surface area contributed by atoms with Gasteiger partial charge in [0, 0.05) is 30.7 Å². The average Bonchev–Trinajstić information content (AvgIpc) is 2.45. The molecule has 0 spiro atoms. The molecule has 1 N–H and O–H groups in total. The zero-order valence-electron chi connectivity index (χ0n) is 14.0. The maximum Gasteiger partial charge on any atom is 0.251 e. The molecule has 122 valence electrons. The van der Waals surface area contributed by atoms with Gasteiger partial charge in [-0.05, 0) is 51.6 Å². The zero-order valence-corrected chi connectivity index (χ0v) is 14.0. The summed E-state index contributed by atoms with van der Waals surface area (Å²) in [6.45, 7) is 5.06. The Labute approximate surface area is 133 Å². The van der Waals surface area contributed by atoms with Crippen LogP contribution in [0.5, 0.6) is 0 Å². The lowest BCUT2D eigenvalue weighted by Gasteiger charge is -2.41. The summed E-state index contributed by atoms with van der Waals surface area (Å²) in [5.74, 6) is 0.0170. The molecule has 22 heavy (non-hydrogen) atoms. The van der Waals surface area contributed by atoms with Gasteiger partial charge in [0.1, 0.15) is 0 Å². The van der Waals surface area contributed by atoms with Crippen LogP contribution in [0.2, 0.25) is 0 Å². The van der Waals surface area contributed by atoms with E-state index in [0.29, 0.717) is 6.54 Å². The lowest BCUT2D eigenvalue weighted by Crippen LogP contribution is -2.45. The van der Waals surface area contributed by atoms with Gasteiger partial charge in [0.2, 0.25) is 0 Å². The second-order valence-corrected chi connectivity index (χ2v) is 6.61. The van der Waals surface area contributed by atoms with Gasteiger partial charge in [-0.3, -0.25) is 4.79 Å². The SMILES string of the molecule is CCOCC1(CNC(=O)c2cccc(CN(C)C)c2)CCC1. The lowest BCUT2D eigenvalue weighted by atomic mass is 9.69. The minimum Gasteiger partial charge on any atom is -0.381 e. The van der Waals surface area contributed by atoms with Crippen LogP contribution in [0, 0.1) is 5.41 Å². The standard InChI is InChI=1S/C18H28N2O2/c1-4-22-14-18(9-6-10-18)13-19-17(21)16-8-5-7-15(11-16)12-20(2)3/h5,7-8,11H,4,6,9-10,12-14H2,1-3H3,(H,19,21). The number of carbonyl (C=O) groups excluding carboxylic acids is 1. The summed E-state index contributed by atoms with van der Waals surface area (Å²) in [7, 11) is 4.06. The van der Waals surface area contributed by atoms with Gasteiger partial charge in [0.05, 0.1) is 6.61 Å². The zero-order chi connectivity index (χ0) is 16.0. The summed E-state index contributed by atoms with van der Waals surface area (Å²) in [6, 6.07) is 7.86. The fraction of sp³-hybridized carbons (Fsp3) is 0.611. The number of amides is 1. The molecular weight excluding hydrogens is 276 g/mol. The molecule has 1 amide bonds. The number of ether oxygens (including phenoxy) is 1. The van der Waals surface area contributed by atoms with E-state index in [1.165, 1.54) is 6.42 Å². The summed E-state index contributed by atoms with van der Waals surface area (Å²) in [5.41, 5.74) is 2.06. The highest BCUT2D eigenvalue weighted by Crippen LogP contribution is 2.40.